The van der Waals surface area contributed by atoms with Crippen molar-refractivity contribution in [3.63, 3.8) is 0 Å². The number of benzene rings is 2. The van der Waals surface area contributed by atoms with Gasteiger partial charge in [0.15, 0.2) is 5.76 Å². The van der Waals surface area contributed by atoms with Crippen molar-refractivity contribution in [1.82, 2.24) is 5.43 Å². The van der Waals surface area contributed by atoms with Crippen molar-refractivity contribution in [2.24, 2.45) is 5.10 Å². The summed E-state index contributed by atoms with van der Waals surface area (Å²) in [5, 5.41) is 6.01. The van der Waals surface area contributed by atoms with E-state index in [2.05, 4.69) is 43.2 Å². The number of fused-ring (bicyclic) bond motifs is 2. The molecule has 0 fully saturated rings. The Morgan fingerprint density at radius 2 is 2.03 bits per heavy atom. The van der Waals surface area contributed by atoms with E-state index in [1.807, 2.05) is 12.1 Å². The van der Waals surface area contributed by atoms with Crippen molar-refractivity contribution in [2.45, 2.75) is 38.6 Å². The predicted molar refractivity (Wildman–Crippen MR) is 123 cm³/mol. The molecule has 5 nitrogen and oxygen atoms in total. The first-order valence-corrected chi connectivity index (χ1v) is 10.5. The van der Waals surface area contributed by atoms with E-state index in [9.17, 15) is 4.79 Å². The average Bonchev–Trinajstić information content (AvgIpc) is 3.10. The van der Waals surface area contributed by atoms with Crippen LogP contribution < -0.4 is 10.3 Å². The minimum absolute atomic E-state index is 0.0656. The van der Waals surface area contributed by atoms with Crippen LogP contribution in [0.5, 0.6) is 0 Å². The van der Waals surface area contributed by atoms with Gasteiger partial charge in [0.1, 0.15) is 5.58 Å². The van der Waals surface area contributed by atoms with Gasteiger partial charge >= 0.3 is 5.91 Å². The lowest BCUT2D eigenvalue weighted by molar-refractivity contribution is 0.0929. The number of hydrazone groups is 1. The summed E-state index contributed by atoms with van der Waals surface area (Å²) in [6.45, 7) is 6.69. The Morgan fingerprint density at radius 1 is 1.27 bits per heavy atom. The highest BCUT2D eigenvalue weighted by atomic mass is 35.5. The van der Waals surface area contributed by atoms with Crippen LogP contribution in [-0.2, 0) is 0 Å². The van der Waals surface area contributed by atoms with E-state index in [1.165, 1.54) is 5.56 Å². The first-order valence-electron chi connectivity index (χ1n) is 9.75. The van der Waals surface area contributed by atoms with Crippen molar-refractivity contribution in [3.8, 4) is 0 Å². The molecule has 1 aliphatic heterocycles. The molecule has 0 bridgehead atoms. The maximum absolute atomic E-state index is 12.4. The van der Waals surface area contributed by atoms with Gasteiger partial charge in [0.2, 0.25) is 0 Å². The van der Waals surface area contributed by atoms with Crippen molar-refractivity contribution in [2.75, 3.05) is 11.9 Å². The fourth-order valence-electron chi connectivity index (χ4n) is 4.05. The van der Waals surface area contributed by atoms with Crippen LogP contribution >= 0.6 is 23.2 Å². The van der Waals surface area contributed by atoms with Crippen molar-refractivity contribution >= 4 is 52.0 Å². The van der Waals surface area contributed by atoms with Gasteiger partial charge in [-0.3, -0.25) is 4.79 Å². The Morgan fingerprint density at radius 3 is 2.80 bits per heavy atom. The molecule has 1 atom stereocenters. The molecule has 1 amide bonds. The first kappa shape index (κ1) is 20.8. The Hall–Kier alpha value is -2.50. The SMILES string of the molecule is C[C@@H]1CC(C)(C)N(C)c2cc(Cl)c(/C=N\NC(=O)c3cc4cc(Cl)ccc4o3)cc21. The van der Waals surface area contributed by atoms with Gasteiger partial charge < -0.3 is 9.32 Å². The van der Waals surface area contributed by atoms with Crippen molar-refractivity contribution in [3.05, 3.63) is 63.3 Å². The molecule has 0 radical (unpaired) electrons. The van der Waals surface area contributed by atoms with Crippen LogP contribution in [0.25, 0.3) is 11.0 Å². The number of hydrogen-bond acceptors (Lipinski definition) is 4. The van der Waals surface area contributed by atoms with E-state index in [0.717, 1.165) is 23.1 Å². The molecule has 2 aromatic carbocycles. The molecule has 3 aromatic rings. The number of nitrogens with zero attached hydrogens (tertiary/aromatic N) is 2. The van der Waals surface area contributed by atoms with E-state index in [0.29, 0.717) is 21.5 Å². The number of rotatable bonds is 3. The summed E-state index contributed by atoms with van der Waals surface area (Å²) in [6.07, 6.45) is 2.61. The smallest absolute Gasteiger partial charge is 0.307 e. The Labute approximate surface area is 185 Å². The molecule has 7 heteroatoms. The second kappa shape index (κ2) is 7.64. The molecule has 30 heavy (non-hydrogen) atoms. The molecule has 0 spiro atoms. The van der Waals surface area contributed by atoms with Crippen molar-refractivity contribution < 1.29 is 9.21 Å². The third-order valence-electron chi connectivity index (χ3n) is 5.82. The zero-order chi connectivity index (χ0) is 21.6. The third-order valence-corrected chi connectivity index (χ3v) is 6.39. The number of carbonyl (C=O) groups excluding carboxylic acids is 1. The van der Waals surface area contributed by atoms with Crippen molar-refractivity contribution in [1.29, 1.82) is 0 Å². The Balaban J connectivity index is 1.54. The third kappa shape index (κ3) is 3.80. The highest BCUT2D eigenvalue weighted by Crippen LogP contribution is 2.44. The molecule has 1 aromatic heterocycles. The number of nitrogens with one attached hydrogen (secondary N) is 1. The zero-order valence-corrected chi connectivity index (χ0v) is 18.8. The zero-order valence-electron chi connectivity index (χ0n) is 17.3. The van der Waals surface area contributed by atoms with E-state index < -0.39 is 5.91 Å². The van der Waals surface area contributed by atoms with Crippen LogP contribution in [0.15, 0.2) is 45.9 Å². The highest BCUT2D eigenvalue weighted by molar-refractivity contribution is 6.33. The average molecular weight is 444 g/mol. The molecular formula is C23H23Cl2N3O2. The summed E-state index contributed by atoms with van der Waals surface area (Å²) >= 11 is 12.5. The molecule has 156 valence electrons. The number of hydrogen-bond donors (Lipinski definition) is 1. The Kier molecular flexibility index (Phi) is 5.28. The Bertz CT molecular complexity index is 1170. The van der Waals surface area contributed by atoms with Crippen LogP contribution in [0.2, 0.25) is 10.0 Å². The number of furan rings is 1. The maximum atomic E-state index is 12.4. The monoisotopic (exact) mass is 443 g/mol. The van der Waals surface area contributed by atoms with Gasteiger partial charge in [0, 0.05) is 34.2 Å². The van der Waals surface area contributed by atoms with Crippen LogP contribution in [-0.4, -0.2) is 24.7 Å². The lowest BCUT2D eigenvalue weighted by atomic mass is 9.80. The van der Waals surface area contributed by atoms with Gasteiger partial charge in [-0.25, -0.2) is 5.43 Å². The fourth-order valence-corrected chi connectivity index (χ4v) is 4.43. The summed E-state index contributed by atoms with van der Waals surface area (Å²) < 4.78 is 5.55. The second-order valence-corrected chi connectivity index (χ2v) is 9.24. The molecule has 0 aliphatic carbocycles. The van der Waals surface area contributed by atoms with Crippen LogP contribution in [0, 0.1) is 0 Å². The summed E-state index contributed by atoms with van der Waals surface area (Å²) in [5.41, 5.74) is 6.27. The molecule has 2 heterocycles. The molecule has 0 saturated carbocycles. The lowest BCUT2D eigenvalue weighted by Crippen LogP contribution is -2.45. The lowest BCUT2D eigenvalue weighted by Gasteiger charge is -2.45. The molecule has 1 aliphatic rings. The fraction of sp³-hybridized carbons (Fsp3) is 0.304. The summed E-state index contributed by atoms with van der Waals surface area (Å²) in [7, 11) is 2.09. The van der Waals surface area contributed by atoms with Crippen LogP contribution in [0.4, 0.5) is 5.69 Å². The quantitative estimate of drug-likeness (QED) is 0.385. The van der Waals surface area contributed by atoms with Gasteiger partial charge in [-0.1, -0.05) is 30.1 Å². The number of anilines is 1. The van der Waals surface area contributed by atoms with E-state index >= 15 is 0 Å². The molecule has 0 unspecified atom stereocenters. The molecule has 1 N–H and O–H groups in total. The predicted octanol–water partition coefficient (Wildman–Crippen LogP) is 6.23. The second-order valence-electron chi connectivity index (χ2n) is 8.40. The van der Waals surface area contributed by atoms with E-state index in [-0.39, 0.29) is 11.3 Å². The normalized spacial score (nSPS) is 18.1. The number of carbonyl (C=O) groups is 1. The molecule has 4 rings (SSSR count). The number of amides is 1. The maximum Gasteiger partial charge on any atom is 0.307 e. The topological polar surface area (TPSA) is 57.8 Å². The largest absolute Gasteiger partial charge is 0.451 e. The summed E-state index contributed by atoms with van der Waals surface area (Å²) in [5.74, 6) is 0.119. The van der Waals surface area contributed by atoms with Gasteiger partial charge in [-0.2, -0.15) is 5.10 Å². The van der Waals surface area contributed by atoms with E-state index in [1.54, 1.807) is 30.5 Å². The van der Waals surface area contributed by atoms with Gasteiger partial charge in [0.25, 0.3) is 0 Å². The summed E-state index contributed by atoms with van der Waals surface area (Å²) in [4.78, 5) is 14.7. The number of halogens is 2. The van der Waals surface area contributed by atoms with Gasteiger partial charge in [0.05, 0.1) is 11.2 Å². The molecule has 0 saturated heterocycles. The summed E-state index contributed by atoms with van der Waals surface area (Å²) in [6, 6.07) is 10.8. The van der Waals surface area contributed by atoms with Gasteiger partial charge in [-0.05, 0) is 68.1 Å². The minimum atomic E-state index is -0.442. The van der Waals surface area contributed by atoms with Gasteiger partial charge in [-0.15, -0.1) is 0 Å². The highest BCUT2D eigenvalue weighted by Gasteiger charge is 2.34. The van der Waals surface area contributed by atoms with Crippen LogP contribution in [0.1, 0.15) is 54.8 Å². The standard InChI is InChI=1S/C23H23Cl2N3O2/c1-13-11-23(2,3)28(4)19-10-18(25)15(8-17(13)19)12-26-27-22(29)21-9-14-7-16(24)5-6-20(14)30-21/h5-10,12-13H,11H2,1-4H3,(H,27,29)/b26-12-/t13-/m1/s1. The first-order chi connectivity index (χ1) is 14.2. The van der Waals surface area contributed by atoms with E-state index in [4.69, 9.17) is 27.6 Å². The molecular weight excluding hydrogens is 421 g/mol. The minimum Gasteiger partial charge on any atom is -0.451 e. The van der Waals surface area contributed by atoms with Crippen LogP contribution in [0.3, 0.4) is 0 Å².